The average Bonchev–Trinajstić information content (AvgIpc) is 2.78. The largest absolute Gasteiger partial charge is 0.476 e. The van der Waals surface area contributed by atoms with Gasteiger partial charge in [0.25, 0.3) is 11.8 Å². The van der Waals surface area contributed by atoms with Crippen LogP contribution in [0.5, 0.6) is 5.75 Å². The number of rotatable bonds is 7. The first kappa shape index (κ1) is 20.1. The predicted molar refractivity (Wildman–Crippen MR) is 110 cm³/mol. The van der Waals surface area contributed by atoms with Gasteiger partial charge in [0.2, 0.25) is 6.10 Å². The lowest BCUT2D eigenvalue weighted by Crippen LogP contribution is -2.26. The summed E-state index contributed by atoms with van der Waals surface area (Å²) in [6, 6.07) is 25.1. The third-order valence-electron chi connectivity index (χ3n) is 4.30. The highest BCUT2D eigenvalue weighted by atomic mass is 16.7. The number of benzene rings is 3. The van der Waals surface area contributed by atoms with Crippen molar-refractivity contribution in [2.24, 2.45) is 0 Å². The number of nitrogens with zero attached hydrogens (tertiary/aromatic N) is 1. The molecule has 3 aromatic carbocycles. The number of hydrogen-bond donors (Lipinski definition) is 1. The standard InChI is InChI=1S/C23H22N2O4/c1-25(28-2)23(27)18-13-15-19(16-14-18)24-22(26)21(17-9-5-3-6-10-17)29-20-11-7-4-8-12-20/h3-16,21H,1-2H3,(H,24,26). The van der Waals surface area contributed by atoms with Crippen molar-refractivity contribution < 1.29 is 19.2 Å². The Balaban J connectivity index is 1.77. The molecule has 148 valence electrons. The Bertz CT molecular complexity index is 944. The third kappa shape index (κ3) is 5.21. The van der Waals surface area contributed by atoms with Crippen LogP contribution in [0.2, 0.25) is 0 Å². The van der Waals surface area contributed by atoms with Gasteiger partial charge in [-0.25, -0.2) is 5.06 Å². The minimum atomic E-state index is -0.820. The molecule has 0 saturated carbocycles. The molecule has 1 unspecified atom stereocenters. The molecular weight excluding hydrogens is 368 g/mol. The van der Waals surface area contributed by atoms with Gasteiger partial charge in [-0.3, -0.25) is 14.4 Å². The van der Waals surface area contributed by atoms with Crippen molar-refractivity contribution in [1.82, 2.24) is 5.06 Å². The van der Waals surface area contributed by atoms with Gasteiger partial charge in [-0.1, -0.05) is 48.5 Å². The molecule has 0 aliphatic heterocycles. The van der Waals surface area contributed by atoms with Crippen LogP contribution in [-0.4, -0.2) is 31.0 Å². The number of carbonyl (C=O) groups excluding carboxylic acids is 2. The molecule has 2 amide bonds. The van der Waals surface area contributed by atoms with E-state index >= 15 is 0 Å². The number of ether oxygens (including phenoxy) is 1. The maximum Gasteiger partial charge on any atom is 0.277 e. The molecule has 3 rings (SSSR count). The van der Waals surface area contributed by atoms with Crippen LogP contribution in [0.1, 0.15) is 22.0 Å². The van der Waals surface area contributed by atoms with Gasteiger partial charge in [0.1, 0.15) is 5.75 Å². The highest BCUT2D eigenvalue weighted by Crippen LogP contribution is 2.23. The summed E-state index contributed by atoms with van der Waals surface area (Å²) in [7, 11) is 2.95. The normalized spacial score (nSPS) is 11.4. The minimum Gasteiger partial charge on any atom is -0.476 e. The second-order valence-electron chi connectivity index (χ2n) is 6.27. The number of amides is 2. The molecule has 0 heterocycles. The van der Waals surface area contributed by atoms with Crippen LogP contribution in [0.4, 0.5) is 5.69 Å². The second-order valence-corrected chi connectivity index (χ2v) is 6.27. The highest BCUT2D eigenvalue weighted by Gasteiger charge is 2.23. The van der Waals surface area contributed by atoms with Gasteiger partial charge >= 0.3 is 0 Å². The Morgan fingerprint density at radius 1 is 0.862 bits per heavy atom. The van der Waals surface area contributed by atoms with Crippen molar-refractivity contribution in [3.8, 4) is 5.75 Å². The first-order valence-electron chi connectivity index (χ1n) is 9.08. The maximum absolute atomic E-state index is 13.0. The van der Waals surface area contributed by atoms with Crippen LogP contribution in [0, 0.1) is 0 Å². The second kappa shape index (κ2) is 9.52. The number of hydroxylamine groups is 2. The molecule has 0 fully saturated rings. The zero-order valence-electron chi connectivity index (χ0n) is 16.2. The van der Waals surface area contributed by atoms with E-state index in [1.165, 1.54) is 14.2 Å². The van der Waals surface area contributed by atoms with Gasteiger partial charge in [0.05, 0.1) is 7.11 Å². The molecule has 6 nitrogen and oxygen atoms in total. The van der Waals surface area contributed by atoms with E-state index in [2.05, 4.69) is 5.32 Å². The van der Waals surface area contributed by atoms with E-state index in [-0.39, 0.29) is 11.8 Å². The molecule has 0 bridgehead atoms. The molecule has 0 saturated heterocycles. The van der Waals surface area contributed by atoms with Crippen LogP contribution in [0.3, 0.4) is 0 Å². The van der Waals surface area contributed by atoms with Crippen LogP contribution in [0.15, 0.2) is 84.9 Å². The number of hydrogen-bond acceptors (Lipinski definition) is 4. The third-order valence-corrected chi connectivity index (χ3v) is 4.30. The SMILES string of the molecule is CON(C)C(=O)c1ccc(NC(=O)C(Oc2ccccc2)c2ccccc2)cc1. The number of nitrogens with one attached hydrogen (secondary N) is 1. The Hall–Kier alpha value is -3.64. The maximum atomic E-state index is 13.0. The summed E-state index contributed by atoms with van der Waals surface area (Å²) in [5.74, 6) is 0.00754. The Kier molecular flexibility index (Phi) is 6.60. The van der Waals surface area contributed by atoms with E-state index < -0.39 is 6.10 Å². The summed E-state index contributed by atoms with van der Waals surface area (Å²) in [6.45, 7) is 0. The minimum absolute atomic E-state index is 0.278. The quantitative estimate of drug-likeness (QED) is 0.618. The van der Waals surface area contributed by atoms with E-state index in [1.807, 2.05) is 48.5 Å². The number of anilines is 1. The lowest BCUT2D eigenvalue weighted by molar-refractivity contribution is -0.123. The highest BCUT2D eigenvalue weighted by molar-refractivity contribution is 5.97. The summed E-state index contributed by atoms with van der Waals surface area (Å²) in [6.07, 6.45) is -0.820. The van der Waals surface area contributed by atoms with E-state index in [9.17, 15) is 9.59 Å². The van der Waals surface area contributed by atoms with Crippen LogP contribution >= 0.6 is 0 Å². The van der Waals surface area contributed by atoms with Crippen LogP contribution < -0.4 is 10.1 Å². The van der Waals surface area contributed by atoms with Crippen LogP contribution in [-0.2, 0) is 9.63 Å². The molecule has 1 N–H and O–H groups in total. The zero-order chi connectivity index (χ0) is 20.6. The molecule has 0 spiro atoms. The topological polar surface area (TPSA) is 67.9 Å². The van der Waals surface area contributed by atoms with Crippen molar-refractivity contribution in [3.05, 3.63) is 96.1 Å². The Morgan fingerprint density at radius 2 is 1.45 bits per heavy atom. The molecule has 0 aliphatic rings. The fourth-order valence-electron chi connectivity index (χ4n) is 2.70. The summed E-state index contributed by atoms with van der Waals surface area (Å²) >= 11 is 0. The monoisotopic (exact) mass is 390 g/mol. The molecule has 3 aromatic rings. The van der Waals surface area contributed by atoms with Gasteiger partial charge in [-0.05, 0) is 36.4 Å². The molecule has 6 heteroatoms. The van der Waals surface area contributed by atoms with Gasteiger partial charge < -0.3 is 10.1 Å². The summed E-state index contributed by atoms with van der Waals surface area (Å²) < 4.78 is 5.95. The average molecular weight is 390 g/mol. The van der Waals surface area contributed by atoms with Crippen molar-refractivity contribution in [3.63, 3.8) is 0 Å². The van der Waals surface area contributed by atoms with E-state index in [0.717, 1.165) is 10.6 Å². The van der Waals surface area contributed by atoms with Gasteiger partial charge in [0, 0.05) is 23.9 Å². The van der Waals surface area contributed by atoms with E-state index in [4.69, 9.17) is 9.57 Å². The molecule has 29 heavy (non-hydrogen) atoms. The van der Waals surface area contributed by atoms with Gasteiger partial charge in [-0.2, -0.15) is 0 Å². The fraction of sp³-hybridized carbons (Fsp3) is 0.130. The Labute approximate surface area is 169 Å². The lowest BCUT2D eigenvalue weighted by atomic mass is 10.1. The lowest BCUT2D eigenvalue weighted by Gasteiger charge is -2.19. The first-order chi connectivity index (χ1) is 14.1. The van der Waals surface area contributed by atoms with Crippen molar-refractivity contribution in [2.75, 3.05) is 19.5 Å². The zero-order valence-corrected chi connectivity index (χ0v) is 16.2. The van der Waals surface area contributed by atoms with Crippen molar-refractivity contribution in [2.45, 2.75) is 6.10 Å². The van der Waals surface area contributed by atoms with Crippen molar-refractivity contribution in [1.29, 1.82) is 0 Å². The summed E-state index contributed by atoms with van der Waals surface area (Å²) in [4.78, 5) is 30.0. The summed E-state index contributed by atoms with van der Waals surface area (Å²) in [5, 5.41) is 3.98. The van der Waals surface area contributed by atoms with Gasteiger partial charge in [-0.15, -0.1) is 0 Å². The predicted octanol–water partition coefficient (Wildman–Crippen LogP) is 4.08. The molecule has 1 atom stereocenters. The smallest absolute Gasteiger partial charge is 0.277 e. The molecular formula is C23H22N2O4. The molecule has 0 aliphatic carbocycles. The van der Waals surface area contributed by atoms with E-state index in [1.54, 1.807) is 36.4 Å². The summed E-state index contributed by atoms with van der Waals surface area (Å²) in [5.41, 5.74) is 1.75. The molecule has 0 aromatic heterocycles. The number of carbonyl (C=O) groups is 2. The Morgan fingerprint density at radius 3 is 2.03 bits per heavy atom. The number of para-hydroxylation sites is 1. The van der Waals surface area contributed by atoms with E-state index in [0.29, 0.717) is 17.0 Å². The van der Waals surface area contributed by atoms with Crippen molar-refractivity contribution >= 4 is 17.5 Å². The first-order valence-corrected chi connectivity index (χ1v) is 9.08. The fourth-order valence-corrected chi connectivity index (χ4v) is 2.70. The van der Waals surface area contributed by atoms with Crippen LogP contribution in [0.25, 0.3) is 0 Å². The van der Waals surface area contributed by atoms with Gasteiger partial charge in [0.15, 0.2) is 0 Å². The molecule has 0 radical (unpaired) electrons.